The van der Waals surface area contributed by atoms with Gasteiger partial charge in [0.15, 0.2) is 11.5 Å². The second-order valence-electron chi connectivity index (χ2n) is 8.64. The number of para-hydroxylation sites is 2. The second-order valence-corrected chi connectivity index (χ2v) is 9.69. The number of hydrogen-bond donors (Lipinski definition) is 3. The van der Waals surface area contributed by atoms with Gasteiger partial charge in [-0.1, -0.05) is 48.5 Å². The monoisotopic (exact) mass is 567 g/mol. The van der Waals surface area contributed by atoms with Gasteiger partial charge in [0.2, 0.25) is 5.91 Å². The van der Waals surface area contributed by atoms with Crippen LogP contribution in [0.25, 0.3) is 6.08 Å². The molecule has 0 saturated carbocycles. The highest BCUT2D eigenvalue weighted by molar-refractivity contribution is 8.00. The predicted molar refractivity (Wildman–Crippen MR) is 162 cm³/mol. The zero-order chi connectivity index (χ0) is 29.0. The normalized spacial score (nSPS) is 10.8. The average molecular weight is 568 g/mol. The summed E-state index contributed by atoms with van der Waals surface area (Å²) in [5.41, 5.74) is 2.23. The lowest BCUT2D eigenvalue weighted by Gasteiger charge is -2.14. The first-order valence-electron chi connectivity index (χ1n) is 12.6. The molecule has 8 nitrogen and oxygen atoms in total. The summed E-state index contributed by atoms with van der Waals surface area (Å²) in [5, 5.41) is 8.40. The van der Waals surface area contributed by atoms with Crippen molar-refractivity contribution in [3.63, 3.8) is 0 Å². The van der Waals surface area contributed by atoms with Crippen molar-refractivity contribution in [3.05, 3.63) is 120 Å². The molecule has 4 rings (SSSR count). The Morgan fingerprint density at radius 3 is 2.05 bits per heavy atom. The van der Waals surface area contributed by atoms with E-state index in [-0.39, 0.29) is 17.4 Å². The first-order chi connectivity index (χ1) is 20.0. The minimum atomic E-state index is -0.526. The maximum atomic E-state index is 13.4. The van der Waals surface area contributed by atoms with E-state index in [1.54, 1.807) is 60.7 Å². The summed E-state index contributed by atoms with van der Waals surface area (Å²) in [6.45, 7) is 0. The topological polar surface area (TPSA) is 106 Å². The third kappa shape index (κ3) is 8.23. The van der Waals surface area contributed by atoms with Gasteiger partial charge in [0.25, 0.3) is 11.8 Å². The molecule has 208 valence electrons. The van der Waals surface area contributed by atoms with E-state index in [0.29, 0.717) is 28.3 Å². The maximum Gasteiger partial charge on any atom is 0.272 e. The largest absolute Gasteiger partial charge is 0.493 e. The molecular formula is C32H29N3O5S. The highest BCUT2D eigenvalue weighted by Crippen LogP contribution is 2.32. The molecule has 4 aromatic rings. The number of thioether (sulfide) groups is 1. The van der Waals surface area contributed by atoms with Gasteiger partial charge >= 0.3 is 0 Å². The van der Waals surface area contributed by atoms with Gasteiger partial charge in [-0.3, -0.25) is 14.4 Å². The fourth-order valence-corrected chi connectivity index (χ4v) is 4.52. The quantitative estimate of drug-likeness (QED) is 0.155. The van der Waals surface area contributed by atoms with Crippen molar-refractivity contribution in [2.45, 2.75) is 4.90 Å². The molecule has 0 saturated heterocycles. The Morgan fingerprint density at radius 1 is 0.732 bits per heavy atom. The van der Waals surface area contributed by atoms with Gasteiger partial charge in [0.1, 0.15) is 5.70 Å². The molecule has 0 fully saturated rings. The van der Waals surface area contributed by atoms with Gasteiger partial charge in [-0.05, 0) is 60.7 Å². The van der Waals surface area contributed by atoms with E-state index in [2.05, 4.69) is 16.0 Å². The lowest BCUT2D eigenvalue weighted by molar-refractivity contribution is -0.114. The highest BCUT2D eigenvalue weighted by Gasteiger charge is 2.17. The van der Waals surface area contributed by atoms with Crippen molar-refractivity contribution in [2.75, 3.05) is 30.6 Å². The van der Waals surface area contributed by atoms with Crippen molar-refractivity contribution < 1.29 is 23.9 Å². The Kier molecular flexibility index (Phi) is 10.2. The number of nitrogens with one attached hydrogen (secondary N) is 3. The molecule has 41 heavy (non-hydrogen) atoms. The molecule has 0 heterocycles. The summed E-state index contributed by atoms with van der Waals surface area (Å²) in [6.07, 6.45) is 1.53. The Hall–Kier alpha value is -5.02. The van der Waals surface area contributed by atoms with Crippen molar-refractivity contribution in [1.29, 1.82) is 0 Å². The van der Waals surface area contributed by atoms with Gasteiger partial charge < -0.3 is 25.4 Å². The first-order valence-corrected chi connectivity index (χ1v) is 13.6. The lowest BCUT2D eigenvalue weighted by Crippen LogP contribution is -2.30. The van der Waals surface area contributed by atoms with Crippen LogP contribution in [0.2, 0.25) is 0 Å². The summed E-state index contributed by atoms with van der Waals surface area (Å²) < 4.78 is 10.9. The number of methoxy groups -OCH3 is 2. The van der Waals surface area contributed by atoms with Gasteiger partial charge in [-0.2, -0.15) is 0 Å². The third-order valence-corrected chi connectivity index (χ3v) is 6.81. The Bertz CT molecular complexity index is 1520. The summed E-state index contributed by atoms with van der Waals surface area (Å²) in [5.74, 6) is 0.0704. The number of ether oxygens (including phenoxy) is 2. The number of carbonyl (C=O) groups excluding carboxylic acids is 3. The summed E-state index contributed by atoms with van der Waals surface area (Å²) >= 11 is 1.38. The molecule has 0 bridgehead atoms. The van der Waals surface area contributed by atoms with E-state index in [1.165, 1.54) is 32.1 Å². The molecule has 0 radical (unpaired) electrons. The number of amides is 3. The number of hydrogen-bond acceptors (Lipinski definition) is 6. The molecule has 0 unspecified atom stereocenters. The fraction of sp³-hybridized carbons (Fsp3) is 0.0938. The van der Waals surface area contributed by atoms with Crippen LogP contribution in [-0.2, 0) is 9.59 Å². The molecular weight excluding hydrogens is 538 g/mol. The fourth-order valence-electron chi connectivity index (χ4n) is 3.82. The third-order valence-electron chi connectivity index (χ3n) is 5.80. The molecule has 0 atom stereocenters. The van der Waals surface area contributed by atoms with Crippen LogP contribution in [0.4, 0.5) is 11.4 Å². The summed E-state index contributed by atoms with van der Waals surface area (Å²) in [6, 6.07) is 30.2. The van der Waals surface area contributed by atoms with Crippen LogP contribution in [0.3, 0.4) is 0 Å². The van der Waals surface area contributed by atoms with E-state index in [9.17, 15) is 14.4 Å². The van der Waals surface area contributed by atoms with Gasteiger partial charge in [-0.15, -0.1) is 11.8 Å². The number of rotatable bonds is 11. The minimum Gasteiger partial charge on any atom is -0.493 e. The average Bonchev–Trinajstić information content (AvgIpc) is 3.01. The molecule has 0 aliphatic carbocycles. The van der Waals surface area contributed by atoms with Crippen LogP contribution in [0, 0.1) is 0 Å². The molecule has 9 heteroatoms. The van der Waals surface area contributed by atoms with Crippen molar-refractivity contribution in [1.82, 2.24) is 5.32 Å². The van der Waals surface area contributed by atoms with Crippen LogP contribution in [-0.4, -0.2) is 37.7 Å². The van der Waals surface area contributed by atoms with E-state index in [4.69, 9.17) is 9.47 Å². The molecule has 3 amide bonds. The zero-order valence-corrected chi connectivity index (χ0v) is 23.4. The highest BCUT2D eigenvalue weighted by atomic mass is 32.2. The van der Waals surface area contributed by atoms with Crippen molar-refractivity contribution >= 4 is 46.9 Å². The maximum absolute atomic E-state index is 13.4. The van der Waals surface area contributed by atoms with E-state index in [1.807, 2.05) is 42.5 Å². The first kappa shape index (κ1) is 29.0. The van der Waals surface area contributed by atoms with Crippen LogP contribution >= 0.6 is 11.8 Å². The summed E-state index contributed by atoms with van der Waals surface area (Å²) in [7, 11) is 3.02. The minimum absolute atomic E-state index is 0.0152. The van der Waals surface area contributed by atoms with Crippen LogP contribution < -0.4 is 25.4 Å². The van der Waals surface area contributed by atoms with Crippen LogP contribution in [0.1, 0.15) is 15.9 Å². The molecule has 3 N–H and O–H groups in total. The molecule has 0 aliphatic rings. The molecule has 4 aromatic carbocycles. The Balaban J connectivity index is 1.48. The summed E-state index contributed by atoms with van der Waals surface area (Å²) in [4.78, 5) is 39.4. The van der Waals surface area contributed by atoms with Crippen molar-refractivity contribution in [2.24, 2.45) is 0 Å². The molecule has 0 spiro atoms. The van der Waals surface area contributed by atoms with E-state index in [0.717, 1.165) is 10.6 Å². The van der Waals surface area contributed by atoms with Crippen LogP contribution in [0.15, 0.2) is 114 Å². The zero-order valence-electron chi connectivity index (χ0n) is 22.5. The predicted octanol–water partition coefficient (Wildman–Crippen LogP) is 5.84. The number of carbonyl (C=O) groups is 3. The Labute approximate surface area is 242 Å². The van der Waals surface area contributed by atoms with E-state index < -0.39 is 11.8 Å². The lowest BCUT2D eigenvalue weighted by atomic mass is 10.1. The SMILES string of the molecule is COc1cccc(/C=C(\NC(=O)c2ccccc2)C(=O)Nc2ccc(SCC(=O)Nc3ccccc3)cc2)c1OC. The van der Waals surface area contributed by atoms with Crippen LogP contribution in [0.5, 0.6) is 11.5 Å². The van der Waals surface area contributed by atoms with Gasteiger partial charge in [-0.25, -0.2) is 0 Å². The number of anilines is 2. The standard InChI is InChI=1S/C32H29N3O5S/c1-39-28-15-9-12-23(30(28)40-2)20-27(35-31(37)22-10-5-3-6-11-22)32(38)34-25-16-18-26(19-17-25)41-21-29(36)33-24-13-7-4-8-14-24/h3-20H,21H2,1-2H3,(H,33,36)(H,34,38)(H,35,37)/b27-20-. The Morgan fingerprint density at radius 2 is 1.39 bits per heavy atom. The molecule has 0 aromatic heterocycles. The van der Waals surface area contributed by atoms with E-state index >= 15 is 0 Å². The number of benzene rings is 4. The van der Waals surface area contributed by atoms with Gasteiger partial charge in [0, 0.05) is 27.4 Å². The second kappa shape index (κ2) is 14.4. The van der Waals surface area contributed by atoms with Gasteiger partial charge in [0.05, 0.1) is 20.0 Å². The smallest absolute Gasteiger partial charge is 0.272 e. The van der Waals surface area contributed by atoms with Crippen molar-refractivity contribution in [3.8, 4) is 11.5 Å². The molecule has 0 aliphatic heterocycles.